The van der Waals surface area contributed by atoms with Crippen LogP contribution in [0.3, 0.4) is 0 Å². The lowest BCUT2D eigenvalue weighted by Crippen LogP contribution is -2.36. The molecule has 0 aromatic heterocycles. The number of nitrogens with zero attached hydrogens (tertiary/aromatic N) is 2. The molecule has 4 N–H and O–H groups in total. The molecule has 0 bridgehead atoms. The summed E-state index contributed by atoms with van der Waals surface area (Å²) in [6, 6.07) is 22.7. The van der Waals surface area contributed by atoms with Crippen molar-refractivity contribution in [2.75, 3.05) is 41.8 Å². The molecule has 0 saturated carbocycles. The number of benzene rings is 3. The van der Waals surface area contributed by atoms with Crippen LogP contribution in [0.5, 0.6) is 0 Å². The third kappa shape index (κ3) is 7.96. The molecular weight excluding hydrogens is 486 g/mol. The minimum atomic E-state index is -0.118. The Morgan fingerprint density at radius 2 is 1.70 bits per heavy atom. The molecule has 1 aliphatic rings. The molecule has 1 aliphatic heterocycles. The second-order valence-corrected chi connectivity index (χ2v) is 8.99. The molecule has 1 fully saturated rings. The van der Waals surface area contributed by atoms with Crippen LogP contribution in [0, 0.1) is 0 Å². The van der Waals surface area contributed by atoms with Gasteiger partial charge in [-0.25, -0.2) is 4.99 Å². The Labute approximate surface area is 222 Å². The summed E-state index contributed by atoms with van der Waals surface area (Å²) in [7, 11) is 0. The molecule has 8 heteroatoms. The van der Waals surface area contributed by atoms with E-state index in [0.717, 1.165) is 43.1 Å². The molecule has 7 nitrogen and oxygen atoms in total. The van der Waals surface area contributed by atoms with Crippen LogP contribution in [0.15, 0.2) is 96.3 Å². The quantitative estimate of drug-likeness (QED) is 0.336. The summed E-state index contributed by atoms with van der Waals surface area (Å²) in [5.41, 5.74) is 11.2. The van der Waals surface area contributed by atoms with Gasteiger partial charge in [0.15, 0.2) is 0 Å². The molecule has 0 radical (unpaired) electrons. The Balaban J connectivity index is 1.26. The van der Waals surface area contributed by atoms with Crippen molar-refractivity contribution in [1.82, 2.24) is 0 Å². The van der Waals surface area contributed by atoms with Crippen molar-refractivity contribution >= 4 is 46.5 Å². The fraction of sp³-hybridized carbons (Fsp3) is 0.172. The molecule has 0 aliphatic carbocycles. The lowest BCUT2D eigenvalue weighted by molar-refractivity contribution is -0.115. The number of anilines is 3. The lowest BCUT2D eigenvalue weighted by Gasteiger charge is -2.28. The normalized spacial score (nSPS) is 14.0. The Bertz CT molecular complexity index is 1280. The van der Waals surface area contributed by atoms with E-state index >= 15 is 0 Å². The number of hydrogen-bond donors (Lipinski definition) is 3. The molecule has 190 valence electrons. The number of ether oxygens (including phenoxy) is 1. The average Bonchev–Trinajstić information content (AvgIpc) is 2.90. The number of carbonyl (C=O) groups is 1. The second-order valence-electron chi connectivity index (χ2n) is 8.55. The highest BCUT2D eigenvalue weighted by molar-refractivity contribution is 6.30. The molecule has 3 aromatic carbocycles. The molecule has 37 heavy (non-hydrogen) atoms. The van der Waals surface area contributed by atoms with E-state index in [0.29, 0.717) is 22.2 Å². The van der Waals surface area contributed by atoms with Crippen LogP contribution in [-0.4, -0.2) is 38.4 Å². The number of aliphatic imine (C=N–C) groups is 1. The summed E-state index contributed by atoms with van der Waals surface area (Å²) >= 11 is 5.98. The van der Waals surface area contributed by atoms with E-state index in [-0.39, 0.29) is 12.3 Å². The van der Waals surface area contributed by atoms with Gasteiger partial charge in [0, 0.05) is 47.1 Å². The first kappa shape index (κ1) is 26.0. The SMILES string of the molecule is C=C(/N=C\C=C(/N)c1ccc(NC(=O)Cc2cccc(Cl)c2)cc1)Nc1ccc(N2CCOCC2)cc1. The van der Waals surface area contributed by atoms with E-state index in [9.17, 15) is 4.79 Å². The van der Waals surface area contributed by atoms with Gasteiger partial charge in [0.1, 0.15) is 5.82 Å². The van der Waals surface area contributed by atoms with Gasteiger partial charge in [-0.3, -0.25) is 4.79 Å². The Kier molecular flexibility index (Phi) is 8.97. The number of hydrogen-bond acceptors (Lipinski definition) is 6. The highest BCUT2D eigenvalue weighted by atomic mass is 35.5. The van der Waals surface area contributed by atoms with E-state index in [2.05, 4.69) is 39.2 Å². The van der Waals surface area contributed by atoms with E-state index in [4.69, 9.17) is 22.1 Å². The van der Waals surface area contributed by atoms with Gasteiger partial charge in [0.05, 0.1) is 19.6 Å². The lowest BCUT2D eigenvalue weighted by atomic mass is 10.1. The van der Waals surface area contributed by atoms with Gasteiger partial charge in [-0.15, -0.1) is 0 Å². The smallest absolute Gasteiger partial charge is 0.228 e. The van der Waals surface area contributed by atoms with Crippen LogP contribution in [-0.2, 0) is 16.0 Å². The van der Waals surface area contributed by atoms with Crippen molar-refractivity contribution in [2.24, 2.45) is 10.7 Å². The van der Waals surface area contributed by atoms with Crippen molar-refractivity contribution < 1.29 is 9.53 Å². The second kappa shape index (κ2) is 12.8. The number of morpholine rings is 1. The van der Waals surface area contributed by atoms with Crippen molar-refractivity contribution in [3.8, 4) is 0 Å². The maximum absolute atomic E-state index is 12.3. The summed E-state index contributed by atoms with van der Waals surface area (Å²) in [6.45, 7) is 7.27. The number of halogens is 1. The van der Waals surface area contributed by atoms with Crippen molar-refractivity contribution in [3.05, 3.63) is 107 Å². The summed E-state index contributed by atoms with van der Waals surface area (Å²) in [4.78, 5) is 18.9. The predicted octanol–water partition coefficient (Wildman–Crippen LogP) is 5.31. The Morgan fingerprint density at radius 1 is 1.03 bits per heavy atom. The first-order valence-corrected chi connectivity index (χ1v) is 12.4. The minimum Gasteiger partial charge on any atom is -0.398 e. The maximum Gasteiger partial charge on any atom is 0.228 e. The number of amides is 1. The Hall–Kier alpha value is -4.07. The number of rotatable bonds is 9. The van der Waals surface area contributed by atoms with Gasteiger partial charge in [-0.05, 0) is 65.7 Å². The number of nitrogens with two attached hydrogens (primary N) is 1. The topological polar surface area (TPSA) is 92.0 Å². The summed E-state index contributed by atoms with van der Waals surface area (Å²) in [5, 5.41) is 6.67. The number of nitrogens with one attached hydrogen (secondary N) is 2. The molecule has 1 heterocycles. The zero-order chi connectivity index (χ0) is 26.0. The molecule has 1 amide bonds. The fourth-order valence-electron chi connectivity index (χ4n) is 3.86. The number of allylic oxidation sites excluding steroid dienone is 1. The van der Waals surface area contributed by atoms with E-state index < -0.39 is 0 Å². The first-order chi connectivity index (χ1) is 18.0. The summed E-state index contributed by atoms with van der Waals surface area (Å²) in [6.07, 6.45) is 3.56. The van der Waals surface area contributed by atoms with Gasteiger partial charge in [0.2, 0.25) is 5.91 Å². The predicted molar refractivity (Wildman–Crippen MR) is 153 cm³/mol. The molecule has 4 rings (SSSR count). The first-order valence-electron chi connectivity index (χ1n) is 12.0. The highest BCUT2D eigenvalue weighted by Gasteiger charge is 2.10. The maximum atomic E-state index is 12.3. The minimum absolute atomic E-state index is 0.118. The van der Waals surface area contributed by atoms with Gasteiger partial charge in [-0.1, -0.05) is 42.4 Å². The standard InChI is InChI=1S/C29H30ClN5O2/c1-21(33-25-9-11-27(12-10-25)35-15-17-37-18-16-35)32-14-13-28(31)23-5-7-26(8-6-23)34-29(36)20-22-3-2-4-24(30)19-22/h2-14,19,33H,1,15-18,20,31H2,(H,34,36)/b28-13-,32-14-. The van der Waals surface area contributed by atoms with Crippen LogP contribution in [0.1, 0.15) is 11.1 Å². The van der Waals surface area contributed by atoms with Crippen LogP contribution in [0.4, 0.5) is 17.1 Å². The molecule has 3 aromatic rings. The van der Waals surface area contributed by atoms with Gasteiger partial charge < -0.3 is 26.0 Å². The Morgan fingerprint density at radius 3 is 2.41 bits per heavy atom. The van der Waals surface area contributed by atoms with Crippen LogP contribution < -0.4 is 21.3 Å². The van der Waals surface area contributed by atoms with Crippen LogP contribution in [0.25, 0.3) is 5.70 Å². The monoisotopic (exact) mass is 515 g/mol. The van der Waals surface area contributed by atoms with Gasteiger partial charge >= 0.3 is 0 Å². The van der Waals surface area contributed by atoms with Crippen LogP contribution >= 0.6 is 11.6 Å². The zero-order valence-electron chi connectivity index (χ0n) is 20.5. The molecule has 0 spiro atoms. The van der Waals surface area contributed by atoms with E-state index in [1.807, 2.05) is 48.5 Å². The summed E-state index contributed by atoms with van der Waals surface area (Å²) < 4.78 is 5.41. The van der Waals surface area contributed by atoms with Crippen LogP contribution in [0.2, 0.25) is 5.02 Å². The average molecular weight is 516 g/mol. The third-order valence-electron chi connectivity index (χ3n) is 5.77. The van der Waals surface area contributed by atoms with Crippen molar-refractivity contribution in [1.29, 1.82) is 0 Å². The molecule has 1 saturated heterocycles. The van der Waals surface area contributed by atoms with Gasteiger partial charge in [0.25, 0.3) is 0 Å². The molecule has 0 unspecified atom stereocenters. The fourth-order valence-corrected chi connectivity index (χ4v) is 4.08. The summed E-state index contributed by atoms with van der Waals surface area (Å²) in [5.74, 6) is 0.383. The molecular formula is C29H30ClN5O2. The van der Waals surface area contributed by atoms with Gasteiger partial charge in [-0.2, -0.15) is 0 Å². The van der Waals surface area contributed by atoms with E-state index in [1.54, 1.807) is 24.4 Å². The molecule has 0 atom stereocenters. The van der Waals surface area contributed by atoms with E-state index in [1.165, 1.54) is 5.69 Å². The van der Waals surface area contributed by atoms with Crippen molar-refractivity contribution in [2.45, 2.75) is 6.42 Å². The highest BCUT2D eigenvalue weighted by Crippen LogP contribution is 2.20. The zero-order valence-corrected chi connectivity index (χ0v) is 21.2. The number of carbonyl (C=O) groups excluding carboxylic acids is 1. The van der Waals surface area contributed by atoms with Crippen molar-refractivity contribution in [3.63, 3.8) is 0 Å². The largest absolute Gasteiger partial charge is 0.398 e. The third-order valence-corrected chi connectivity index (χ3v) is 6.01.